The van der Waals surface area contributed by atoms with Crippen LogP contribution in [0.1, 0.15) is 26.3 Å². The highest BCUT2D eigenvalue weighted by Crippen LogP contribution is 2.12. The molecule has 0 unspecified atom stereocenters. The van der Waals surface area contributed by atoms with E-state index in [2.05, 4.69) is 5.32 Å². The first-order valence-electron chi connectivity index (χ1n) is 6.10. The fraction of sp³-hybridized carbons (Fsp3) is 0.429. The number of hydrogen-bond acceptors (Lipinski definition) is 3. The number of carbonyl (C=O) groups is 2. The molecular weight excluding hydrogens is 266 g/mol. The van der Waals surface area contributed by atoms with Crippen molar-refractivity contribution in [1.82, 2.24) is 5.32 Å². The lowest BCUT2D eigenvalue weighted by Crippen LogP contribution is -2.43. The Morgan fingerprint density at radius 1 is 1.26 bits per heavy atom. The summed E-state index contributed by atoms with van der Waals surface area (Å²) in [5.41, 5.74) is 0.906. The van der Waals surface area contributed by atoms with Gasteiger partial charge in [0.15, 0.2) is 0 Å². The van der Waals surface area contributed by atoms with E-state index < -0.39 is 12.0 Å². The summed E-state index contributed by atoms with van der Waals surface area (Å²) in [6, 6.07) is 6.45. The van der Waals surface area contributed by atoms with Gasteiger partial charge in [0.25, 0.3) is 0 Å². The van der Waals surface area contributed by atoms with E-state index in [1.807, 2.05) is 12.1 Å². The molecule has 1 amide bonds. The standard InChI is InChI=1S/C14H18ClNO3/c1-9(2)19-14(18)13(16-10(3)17)8-11-4-6-12(15)7-5-11/h4-7,9,13H,8H2,1-3H3,(H,16,17)/t13-/m0/s1. The van der Waals surface area contributed by atoms with Crippen LogP contribution < -0.4 is 5.32 Å². The van der Waals surface area contributed by atoms with Gasteiger partial charge in [-0.25, -0.2) is 4.79 Å². The van der Waals surface area contributed by atoms with Crippen molar-refractivity contribution in [1.29, 1.82) is 0 Å². The lowest BCUT2D eigenvalue weighted by atomic mass is 10.1. The van der Waals surface area contributed by atoms with E-state index in [1.54, 1.807) is 26.0 Å². The third-order valence-corrected chi connectivity index (χ3v) is 2.62. The molecule has 0 bridgehead atoms. The predicted molar refractivity (Wildman–Crippen MR) is 74.0 cm³/mol. The molecule has 0 saturated carbocycles. The Morgan fingerprint density at radius 3 is 2.32 bits per heavy atom. The quantitative estimate of drug-likeness (QED) is 0.844. The highest BCUT2D eigenvalue weighted by Gasteiger charge is 2.22. The molecule has 0 radical (unpaired) electrons. The molecule has 1 N–H and O–H groups in total. The van der Waals surface area contributed by atoms with Crippen LogP contribution in [-0.2, 0) is 20.7 Å². The van der Waals surface area contributed by atoms with E-state index >= 15 is 0 Å². The summed E-state index contributed by atoms with van der Waals surface area (Å²) in [5, 5.41) is 3.23. The molecule has 1 atom stereocenters. The van der Waals surface area contributed by atoms with Crippen molar-refractivity contribution in [2.24, 2.45) is 0 Å². The van der Waals surface area contributed by atoms with Crippen molar-refractivity contribution in [3.8, 4) is 0 Å². The normalized spacial score (nSPS) is 12.1. The zero-order valence-electron chi connectivity index (χ0n) is 11.3. The second-order valence-electron chi connectivity index (χ2n) is 4.57. The number of hydrogen-bond donors (Lipinski definition) is 1. The van der Waals surface area contributed by atoms with Crippen LogP contribution >= 0.6 is 11.6 Å². The van der Waals surface area contributed by atoms with E-state index in [0.717, 1.165) is 5.56 Å². The van der Waals surface area contributed by atoms with Gasteiger partial charge in [-0.15, -0.1) is 0 Å². The van der Waals surface area contributed by atoms with Crippen LogP contribution in [0, 0.1) is 0 Å². The molecule has 0 saturated heterocycles. The number of carbonyl (C=O) groups excluding carboxylic acids is 2. The SMILES string of the molecule is CC(=O)N[C@@H](Cc1ccc(Cl)cc1)C(=O)OC(C)C. The van der Waals surface area contributed by atoms with Gasteiger partial charge in [-0.1, -0.05) is 23.7 Å². The summed E-state index contributed by atoms with van der Waals surface area (Å²) < 4.78 is 5.13. The zero-order valence-corrected chi connectivity index (χ0v) is 12.0. The van der Waals surface area contributed by atoms with Gasteiger partial charge in [-0.3, -0.25) is 4.79 Å². The van der Waals surface area contributed by atoms with Gasteiger partial charge < -0.3 is 10.1 Å². The topological polar surface area (TPSA) is 55.4 Å². The molecule has 0 heterocycles. The van der Waals surface area contributed by atoms with Crippen LogP contribution in [0.15, 0.2) is 24.3 Å². The molecule has 0 aromatic heterocycles. The van der Waals surface area contributed by atoms with Gasteiger partial charge in [-0.05, 0) is 31.5 Å². The Kier molecular flexibility index (Phi) is 5.83. The lowest BCUT2D eigenvalue weighted by molar-refractivity contribution is -0.151. The number of benzene rings is 1. The Hall–Kier alpha value is -1.55. The molecule has 19 heavy (non-hydrogen) atoms. The molecule has 0 aliphatic carbocycles. The fourth-order valence-corrected chi connectivity index (χ4v) is 1.74. The number of nitrogens with one attached hydrogen (secondary N) is 1. The number of halogens is 1. The van der Waals surface area contributed by atoms with Crippen LogP contribution in [0.25, 0.3) is 0 Å². The third-order valence-electron chi connectivity index (χ3n) is 2.37. The van der Waals surface area contributed by atoms with Crippen LogP contribution in [0.4, 0.5) is 0 Å². The highest BCUT2D eigenvalue weighted by molar-refractivity contribution is 6.30. The molecule has 1 aromatic rings. The van der Waals surface area contributed by atoms with E-state index in [0.29, 0.717) is 11.4 Å². The Bertz CT molecular complexity index is 443. The smallest absolute Gasteiger partial charge is 0.329 e. The largest absolute Gasteiger partial charge is 0.461 e. The first-order chi connectivity index (χ1) is 8.88. The van der Waals surface area contributed by atoms with Crippen molar-refractivity contribution in [2.45, 2.75) is 39.3 Å². The fourth-order valence-electron chi connectivity index (χ4n) is 1.61. The van der Waals surface area contributed by atoms with Crippen molar-refractivity contribution in [2.75, 3.05) is 0 Å². The summed E-state index contributed by atoms with van der Waals surface area (Å²) in [5.74, 6) is -0.695. The maximum absolute atomic E-state index is 11.9. The highest BCUT2D eigenvalue weighted by atomic mass is 35.5. The summed E-state index contributed by atoms with van der Waals surface area (Å²) >= 11 is 5.80. The van der Waals surface area contributed by atoms with Crippen molar-refractivity contribution < 1.29 is 14.3 Å². The van der Waals surface area contributed by atoms with Gasteiger partial charge in [0.05, 0.1) is 6.10 Å². The van der Waals surface area contributed by atoms with Gasteiger partial charge in [0.1, 0.15) is 6.04 Å². The molecule has 0 spiro atoms. The third kappa shape index (κ3) is 5.75. The minimum atomic E-state index is -0.680. The number of ether oxygens (including phenoxy) is 1. The molecule has 104 valence electrons. The number of esters is 1. The van der Waals surface area contributed by atoms with Gasteiger partial charge in [0.2, 0.25) is 5.91 Å². The second-order valence-corrected chi connectivity index (χ2v) is 5.01. The number of amides is 1. The second kappa shape index (κ2) is 7.14. The first kappa shape index (κ1) is 15.5. The monoisotopic (exact) mass is 283 g/mol. The Morgan fingerprint density at radius 2 is 1.84 bits per heavy atom. The average Bonchev–Trinajstić information content (AvgIpc) is 2.29. The summed E-state index contributed by atoms with van der Waals surface area (Å²) in [4.78, 5) is 23.0. The van der Waals surface area contributed by atoms with Crippen LogP contribution in [0.5, 0.6) is 0 Å². The van der Waals surface area contributed by atoms with E-state index in [9.17, 15) is 9.59 Å². The van der Waals surface area contributed by atoms with Crippen molar-refractivity contribution >= 4 is 23.5 Å². The van der Waals surface area contributed by atoms with Crippen LogP contribution in [-0.4, -0.2) is 24.0 Å². The maximum Gasteiger partial charge on any atom is 0.329 e. The summed E-state index contributed by atoms with van der Waals surface area (Å²) in [6.07, 6.45) is 0.163. The molecular formula is C14H18ClNO3. The first-order valence-corrected chi connectivity index (χ1v) is 6.48. The number of rotatable bonds is 5. The molecule has 5 heteroatoms. The predicted octanol–water partition coefficient (Wildman–Crippen LogP) is 2.34. The van der Waals surface area contributed by atoms with Crippen molar-refractivity contribution in [3.05, 3.63) is 34.9 Å². The molecule has 0 aliphatic rings. The molecule has 4 nitrogen and oxygen atoms in total. The molecule has 1 rings (SSSR count). The zero-order chi connectivity index (χ0) is 14.4. The molecule has 0 aliphatic heterocycles. The molecule has 0 fully saturated rings. The van der Waals surface area contributed by atoms with Crippen LogP contribution in [0.2, 0.25) is 5.02 Å². The molecule has 1 aromatic carbocycles. The lowest BCUT2D eigenvalue weighted by Gasteiger charge is -2.18. The average molecular weight is 284 g/mol. The van der Waals surface area contributed by atoms with Crippen LogP contribution in [0.3, 0.4) is 0 Å². The summed E-state index contributed by atoms with van der Waals surface area (Å²) in [6.45, 7) is 4.91. The van der Waals surface area contributed by atoms with E-state index in [4.69, 9.17) is 16.3 Å². The maximum atomic E-state index is 11.9. The summed E-state index contributed by atoms with van der Waals surface area (Å²) in [7, 11) is 0. The van der Waals surface area contributed by atoms with Gasteiger partial charge in [0, 0.05) is 18.4 Å². The Balaban J connectivity index is 2.76. The minimum Gasteiger partial charge on any atom is -0.461 e. The van der Waals surface area contributed by atoms with Gasteiger partial charge in [-0.2, -0.15) is 0 Å². The van der Waals surface area contributed by atoms with E-state index in [-0.39, 0.29) is 12.0 Å². The van der Waals surface area contributed by atoms with Gasteiger partial charge >= 0.3 is 5.97 Å². The Labute approximate surface area is 118 Å². The van der Waals surface area contributed by atoms with E-state index in [1.165, 1.54) is 6.92 Å². The van der Waals surface area contributed by atoms with Crippen molar-refractivity contribution in [3.63, 3.8) is 0 Å². The minimum absolute atomic E-state index is 0.214.